The molecule has 3 aromatic rings. The highest BCUT2D eigenvalue weighted by Crippen LogP contribution is 2.44. The summed E-state index contributed by atoms with van der Waals surface area (Å²) < 4.78 is 5.47. The van der Waals surface area contributed by atoms with Crippen molar-refractivity contribution in [3.05, 3.63) is 87.4 Å². The predicted octanol–water partition coefficient (Wildman–Crippen LogP) is 6.31. The Hall–Kier alpha value is -2.89. The minimum absolute atomic E-state index is 0.0717. The number of likely N-dealkylation sites (tertiary alicyclic amines) is 1. The molecule has 2 aromatic heterocycles. The van der Waals surface area contributed by atoms with Crippen LogP contribution in [0.4, 0.5) is 4.79 Å². The fourth-order valence-corrected chi connectivity index (χ4v) is 5.03. The van der Waals surface area contributed by atoms with Gasteiger partial charge in [-0.25, -0.2) is 4.79 Å². The molecule has 0 saturated carbocycles. The first-order valence-corrected chi connectivity index (χ1v) is 11.3. The van der Waals surface area contributed by atoms with Crippen molar-refractivity contribution in [3.63, 3.8) is 0 Å². The van der Waals surface area contributed by atoms with Crippen LogP contribution >= 0.6 is 23.2 Å². The maximum atomic E-state index is 12.6. The van der Waals surface area contributed by atoms with Crippen LogP contribution in [-0.4, -0.2) is 34.1 Å². The first-order valence-electron chi connectivity index (χ1n) is 10.6. The minimum atomic E-state index is -0.340. The number of halogens is 2. The van der Waals surface area contributed by atoms with E-state index in [-0.39, 0.29) is 12.0 Å². The first kappa shape index (κ1) is 21.0. The molecule has 1 amide bonds. The van der Waals surface area contributed by atoms with Gasteiger partial charge in [-0.05, 0) is 60.2 Å². The van der Waals surface area contributed by atoms with Crippen molar-refractivity contribution < 1.29 is 9.53 Å². The van der Waals surface area contributed by atoms with E-state index >= 15 is 0 Å². The van der Waals surface area contributed by atoms with Gasteiger partial charge in [0.1, 0.15) is 0 Å². The molecule has 5 nitrogen and oxygen atoms in total. The second-order valence-corrected chi connectivity index (χ2v) is 8.90. The number of aromatic nitrogens is 2. The van der Waals surface area contributed by atoms with Gasteiger partial charge < -0.3 is 9.64 Å². The van der Waals surface area contributed by atoms with Gasteiger partial charge in [0.15, 0.2) is 5.75 Å². The third-order valence-electron chi connectivity index (χ3n) is 6.18. The van der Waals surface area contributed by atoms with Gasteiger partial charge in [0.25, 0.3) is 0 Å². The number of pyridine rings is 2. The van der Waals surface area contributed by atoms with E-state index in [1.54, 1.807) is 29.4 Å². The molecule has 0 N–H and O–H groups in total. The molecule has 0 radical (unpaired) electrons. The molecule has 162 valence electrons. The average Bonchev–Trinajstić information content (AvgIpc) is 2.97. The Morgan fingerprint density at radius 1 is 1.06 bits per heavy atom. The monoisotopic (exact) mass is 465 g/mol. The lowest BCUT2D eigenvalue weighted by Crippen LogP contribution is -2.41. The summed E-state index contributed by atoms with van der Waals surface area (Å²) in [5.41, 5.74) is 4.20. The summed E-state index contributed by atoms with van der Waals surface area (Å²) in [7, 11) is 0. The predicted molar refractivity (Wildman–Crippen MR) is 126 cm³/mol. The highest BCUT2D eigenvalue weighted by molar-refractivity contribution is 6.32. The Morgan fingerprint density at radius 3 is 2.69 bits per heavy atom. The van der Waals surface area contributed by atoms with Crippen molar-refractivity contribution in [3.8, 4) is 5.75 Å². The van der Waals surface area contributed by atoms with Crippen molar-refractivity contribution >= 4 is 41.4 Å². The molecular formula is C25H21Cl2N3O2. The van der Waals surface area contributed by atoms with Crippen LogP contribution in [-0.2, 0) is 0 Å². The summed E-state index contributed by atoms with van der Waals surface area (Å²) in [4.78, 5) is 23.1. The van der Waals surface area contributed by atoms with E-state index in [1.165, 1.54) is 11.8 Å². The number of benzene rings is 1. The van der Waals surface area contributed by atoms with Crippen molar-refractivity contribution in [1.82, 2.24) is 14.9 Å². The van der Waals surface area contributed by atoms with Crippen LogP contribution in [0.15, 0.2) is 55.0 Å². The van der Waals surface area contributed by atoms with Gasteiger partial charge >= 0.3 is 6.09 Å². The van der Waals surface area contributed by atoms with Gasteiger partial charge in [0.05, 0.1) is 16.9 Å². The Balaban J connectivity index is 1.40. The lowest BCUT2D eigenvalue weighted by atomic mass is 9.76. The summed E-state index contributed by atoms with van der Waals surface area (Å²) in [6.45, 7) is 1.24. The van der Waals surface area contributed by atoms with Crippen LogP contribution in [0.5, 0.6) is 5.75 Å². The molecule has 0 bridgehead atoms. The van der Waals surface area contributed by atoms with Gasteiger partial charge in [0, 0.05) is 42.0 Å². The van der Waals surface area contributed by atoms with Gasteiger partial charge in [-0.1, -0.05) is 41.4 Å². The van der Waals surface area contributed by atoms with E-state index < -0.39 is 0 Å². The average molecular weight is 466 g/mol. The second-order valence-electron chi connectivity index (χ2n) is 8.06. The van der Waals surface area contributed by atoms with E-state index in [9.17, 15) is 4.79 Å². The number of hydrogen-bond acceptors (Lipinski definition) is 4. The zero-order valence-corrected chi connectivity index (χ0v) is 18.8. The van der Waals surface area contributed by atoms with Gasteiger partial charge in [0.2, 0.25) is 0 Å². The molecule has 2 aliphatic rings. The van der Waals surface area contributed by atoms with Crippen molar-refractivity contribution in [2.24, 2.45) is 5.92 Å². The quantitative estimate of drug-likeness (QED) is 0.444. The summed E-state index contributed by atoms with van der Waals surface area (Å²) in [5.74, 6) is 0.831. The molecule has 1 atom stereocenters. The van der Waals surface area contributed by atoms with E-state index in [0.717, 1.165) is 29.7 Å². The van der Waals surface area contributed by atoms with Crippen LogP contribution < -0.4 is 4.74 Å². The molecule has 1 saturated heterocycles. The smallest absolute Gasteiger partial charge is 0.409 e. The molecular weight excluding hydrogens is 445 g/mol. The molecule has 3 heterocycles. The summed E-state index contributed by atoms with van der Waals surface area (Å²) in [6.07, 6.45) is 10.4. The SMILES string of the molecule is O=C(Oc1cccnc1)N1CCC(C2c3ccc(Cl)cc3C=Cc3c(Cl)ccnc32)CC1. The molecule has 1 unspecified atom stereocenters. The van der Waals surface area contributed by atoms with E-state index in [4.69, 9.17) is 32.9 Å². The molecule has 1 aliphatic heterocycles. The number of amides is 1. The fraction of sp³-hybridized carbons (Fsp3) is 0.240. The zero-order chi connectivity index (χ0) is 22.1. The Morgan fingerprint density at radius 2 is 1.91 bits per heavy atom. The lowest BCUT2D eigenvalue weighted by Gasteiger charge is -2.36. The van der Waals surface area contributed by atoms with E-state index in [0.29, 0.717) is 34.8 Å². The molecule has 7 heteroatoms. The van der Waals surface area contributed by atoms with Crippen molar-refractivity contribution in [1.29, 1.82) is 0 Å². The number of carbonyl (C=O) groups excluding carboxylic acids is 1. The van der Waals surface area contributed by atoms with Crippen LogP contribution in [0.25, 0.3) is 12.2 Å². The maximum Gasteiger partial charge on any atom is 0.415 e. The third kappa shape index (κ3) is 4.10. The first-order chi connectivity index (χ1) is 15.6. The summed E-state index contributed by atoms with van der Waals surface area (Å²) in [6, 6.07) is 11.3. The number of nitrogens with zero attached hydrogens (tertiary/aromatic N) is 3. The molecule has 1 aromatic carbocycles. The number of piperidine rings is 1. The lowest BCUT2D eigenvalue weighted by molar-refractivity contribution is 0.128. The number of fused-ring (bicyclic) bond motifs is 2. The third-order valence-corrected chi connectivity index (χ3v) is 6.75. The Labute approximate surface area is 196 Å². The number of hydrogen-bond donors (Lipinski definition) is 0. The Kier molecular flexibility index (Phi) is 5.85. The van der Waals surface area contributed by atoms with Crippen LogP contribution in [0, 0.1) is 5.92 Å². The minimum Gasteiger partial charge on any atom is -0.409 e. The van der Waals surface area contributed by atoms with Crippen molar-refractivity contribution in [2.45, 2.75) is 18.8 Å². The highest BCUT2D eigenvalue weighted by Gasteiger charge is 2.35. The standard InChI is InChI=1S/C25H21Cl2N3O2/c26-18-4-6-20-17(14-18)3-5-21-22(27)7-11-29-24(21)23(20)16-8-12-30(13-9-16)25(31)32-19-2-1-10-28-15-19/h1-7,10-11,14-16,23H,8-9,12-13H2. The zero-order valence-electron chi connectivity index (χ0n) is 17.2. The van der Waals surface area contributed by atoms with Crippen LogP contribution in [0.1, 0.15) is 41.1 Å². The van der Waals surface area contributed by atoms with Gasteiger partial charge in [-0.3, -0.25) is 9.97 Å². The normalized spacial score (nSPS) is 17.9. The van der Waals surface area contributed by atoms with E-state index in [2.05, 4.69) is 17.1 Å². The summed E-state index contributed by atoms with van der Waals surface area (Å²) in [5, 5.41) is 1.39. The molecule has 5 rings (SSSR count). The largest absolute Gasteiger partial charge is 0.415 e. The molecule has 1 fully saturated rings. The second kappa shape index (κ2) is 8.93. The number of carbonyl (C=O) groups is 1. The van der Waals surface area contributed by atoms with Gasteiger partial charge in [-0.2, -0.15) is 0 Å². The van der Waals surface area contributed by atoms with Crippen LogP contribution in [0.3, 0.4) is 0 Å². The van der Waals surface area contributed by atoms with E-state index in [1.807, 2.05) is 24.3 Å². The number of ether oxygens (including phenoxy) is 1. The molecule has 0 spiro atoms. The highest BCUT2D eigenvalue weighted by atomic mass is 35.5. The van der Waals surface area contributed by atoms with Crippen LogP contribution in [0.2, 0.25) is 10.0 Å². The Bertz CT molecular complexity index is 1180. The molecule has 1 aliphatic carbocycles. The summed E-state index contributed by atoms with van der Waals surface area (Å²) >= 11 is 12.8. The maximum absolute atomic E-state index is 12.6. The topological polar surface area (TPSA) is 55.3 Å². The molecule has 32 heavy (non-hydrogen) atoms. The van der Waals surface area contributed by atoms with Gasteiger partial charge in [-0.15, -0.1) is 0 Å². The fourth-order valence-electron chi connectivity index (χ4n) is 4.64. The number of rotatable bonds is 2. The van der Waals surface area contributed by atoms with Crippen molar-refractivity contribution in [2.75, 3.05) is 13.1 Å².